The molecule has 0 atom stereocenters. The molecule has 4 aromatic carbocycles. The second-order valence-corrected chi connectivity index (χ2v) is 22.4. The van der Waals surface area contributed by atoms with Gasteiger partial charge >= 0.3 is 6.18 Å². The third-order valence-electron chi connectivity index (χ3n) is 13.5. The van der Waals surface area contributed by atoms with Gasteiger partial charge in [-0.2, -0.15) is 13.2 Å². The van der Waals surface area contributed by atoms with Gasteiger partial charge in [0.2, 0.25) is 10.0 Å². The van der Waals surface area contributed by atoms with Gasteiger partial charge in [-0.3, -0.25) is 19.4 Å². The van der Waals surface area contributed by atoms with Gasteiger partial charge in [-0.25, -0.2) is 13.1 Å². The Morgan fingerprint density at radius 1 is 0.581 bits per heavy atom. The van der Waals surface area contributed by atoms with Crippen LogP contribution in [0.1, 0.15) is 54.2 Å². The van der Waals surface area contributed by atoms with Gasteiger partial charge in [-0.1, -0.05) is 24.3 Å². The Morgan fingerprint density at radius 3 is 1.72 bits per heavy atom. The van der Waals surface area contributed by atoms with Gasteiger partial charge in [0, 0.05) is 80.6 Å². The lowest BCUT2D eigenvalue weighted by atomic mass is 10.0. The number of benzene rings is 4. The van der Waals surface area contributed by atoms with E-state index in [1.54, 1.807) is 43.5 Å². The van der Waals surface area contributed by atoms with Crippen LogP contribution >= 0.6 is 0 Å². The van der Waals surface area contributed by atoms with Gasteiger partial charge in [0.25, 0.3) is 17.7 Å². The Hall–Kier alpha value is -6.87. The van der Waals surface area contributed by atoms with Crippen molar-refractivity contribution in [1.29, 1.82) is 0 Å². The number of pyridine rings is 1. The van der Waals surface area contributed by atoms with Crippen LogP contribution in [-0.4, -0.2) is 233 Å². The first kappa shape index (κ1) is 76.8. The van der Waals surface area contributed by atoms with Gasteiger partial charge < -0.3 is 83.1 Å². The summed E-state index contributed by atoms with van der Waals surface area (Å²) < 4.78 is 128. The number of sulfonamides is 1. The van der Waals surface area contributed by atoms with Crippen molar-refractivity contribution in [2.75, 3.05) is 197 Å². The number of hydrogen-bond donors (Lipinski definition) is 4. The number of aldehydes is 1. The highest BCUT2D eigenvalue weighted by Gasteiger charge is 2.30. The quantitative estimate of drug-likeness (QED) is 0.0202. The van der Waals surface area contributed by atoms with Crippen LogP contribution in [0.15, 0.2) is 114 Å². The van der Waals surface area contributed by atoms with E-state index in [4.69, 9.17) is 57.8 Å². The molecule has 0 bridgehead atoms. The second-order valence-electron chi connectivity index (χ2n) is 20.6. The van der Waals surface area contributed by atoms with Crippen LogP contribution in [0.2, 0.25) is 0 Å². The van der Waals surface area contributed by atoms with Crippen LogP contribution in [0.25, 0.3) is 11.3 Å². The molecule has 512 valence electrons. The number of rotatable bonds is 51. The largest absolute Gasteiger partial charge is 0.416 e. The van der Waals surface area contributed by atoms with Crippen molar-refractivity contribution >= 4 is 45.4 Å². The summed E-state index contributed by atoms with van der Waals surface area (Å²) in [6.45, 7) is 9.63. The number of likely N-dealkylation sites (N-methyl/N-ethyl adjacent to an activating group) is 1. The van der Waals surface area contributed by atoms with Gasteiger partial charge in [0.05, 0.1) is 161 Å². The number of aromatic nitrogens is 1. The lowest BCUT2D eigenvalue weighted by Gasteiger charge is -2.24. The predicted octanol–water partition coefficient (Wildman–Crippen LogP) is 5.83. The molecule has 0 saturated heterocycles. The molecule has 0 spiro atoms. The molecule has 5 N–H and O–H groups in total. The molecule has 5 rings (SSSR count). The standard InChI is InChI=1S/C65H88F3N7O17S/c1-74(23-27-85-32-35-89-40-41-91-44-45-92-43-42-90-37-36-86-29-28-82-2)20-21-75(22-24-76)64(79)53-11-14-58(15-12-53)93(80,81)72-19-26-84-31-34-88-39-38-87-33-30-83-25-5-8-51-6-3-9-54(46-51)63(78)73-60-16-13-57(69)49-59(60)61-48-55(17-18-70-61)62(77)71-50-52-7-4-10-56(47-52)65(66,67)68/h3-4,6-7,9-18,24,46-49,72H,5,8,19-23,25-45,50,69H2,1-2H3,(H,71,77)(H,73,78). The fourth-order valence-corrected chi connectivity index (χ4v) is 9.58. The van der Waals surface area contributed by atoms with Gasteiger partial charge in [-0.05, 0) is 110 Å². The minimum atomic E-state index is -4.51. The lowest BCUT2D eigenvalue weighted by Crippen LogP contribution is -2.39. The van der Waals surface area contributed by atoms with Crippen LogP contribution in [-0.2, 0) is 86.1 Å². The normalized spacial score (nSPS) is 11.7. The summed E-state index contributed by atoms with van der Waals surface area (Å²) in [6.07, 6.45) is -1.12. The molecule has 0 saturated carbocycles. The summed E-state index contributed by atoms with van der Waals surface area (Å²) in [5, 5.41) is 5.57. The Bertz CT molecular complexity index is 3080. The Balaban J connectivity index is 0.848. The van der Waals surface area contributed by atoms with Crippen molar-refractivity contribution in [1.82, 2.24) is 24.8 Å². The highest BCUT2D eigenvalue weighted by Crippen LogP contribution is 2.31. The minimum absolute atomic E-state index is 0.00651. The zero-order valence-electron chi connectivity index (χ0n) is 52.9. The number of nitrogens with one attached hydrogen (secondary N) is 3. The summed E-state index contributed by atoms with van der Waals surface area (Å²) in [5.74, 6) is -1.32. The number of methoxy groups -OCH3 is 1. The first-order valence-corrected chi connectivity index (χ1v) is 32.0. The van der Waals surface area contributed by atoms with E-state index in [0.29, 0.717) is 179 Å². The Kier molecular flexibility index (Phi) is 36.9. The predicted molar refractivity (Wildman–Crippen MR) is 341 cm³/mol. The van der Waals surface area contributed by atoms with E-state index < -0.39 is 33.6 Å². The maximum Gasteiger partial charge on any atom is 0.416 e. The number of nitrogens with zero attached hydrogens (tertiary/aromatic N) is 3. The molecule has 93 heavy (non-hydrogen) atoms. The third-order valence-corrected chi connectivity index (χ3v) is 15.0. The molecular formula is C65H88F3N7O17S. The van der Waals surface area contributed by atoms with Crippen LogP contribution in [0.5, 0.6) is 0 Å². The number of nitrogens with two attached hydrogens (primary N) is 1. The molecule has 24 nitrogen and oxygen atoms in total. The van der Waals surface area contributed by atoms with Crippen LogP contribution < -0.4 is 21.1 Å². The number of carbonyl (C=O) groups is 4. The average Bonchev–Trinajstić information content (AvgIpc) is 0.917. The Morgan fingerprint density at radius 2 is 1.13 bits per heavy atom. The number of hydrogen-bond acceptors (Lipinski definition) is 20. The topological polar surface area (TPSA) is 285 Å². The van der Waals surface area contributed by atoms with Gasteiger partial charge in [0.1, 0.15) is 6.29 Å². The maximum atomic E-state index is 13.5. The van der Waals surface area contributed by atoms with Crippen molar-refractivity contribution in [2.24, 2.45) is 0 Å². The molecule has 3 amide bonds. The Labute approximate surface area is 542 Å². The van der Waals surface area contributed by atoms with E-state index in [2.05, 4.69) is 20.3 Å². The molecule has 5 aromatic rings. The zero-order chi connectivity index (χ0) is 66.8. The first-order valence-electron chi connectivity index (χ1n) is 30.6. The van der Waals surface area contributed by atoms with Crippen molar-refractivity contribution in [3.05, 3.63) is 143 Å². The number of carbonyl (C=O) groups excluding carboxylic acids is 4. The maximum absolute atomic E-state index is 13.5. The van der Waals surface area contributed by atoms with E-state index in [0.717, 1.165) is 17.7 Å². The van der Waals surface area contributed by atoms with E-state index in [-0.39, 0.29) is 73.5 Å². The van der Waals surface area contributed by atoms with Crippen LogP contribution in [0, 0.1) is 0 Å². The molecule has 0 aliphatic rings. The number of aryl methyl sites for hydroxylation is 1. The fourth-order valence-electron chi connectivity index (χ4n) is 8.57. The summed E-state index contributed by atoms with van der Waals surface area (Å²) in [7, 11) is -0.395. The number of ether oxygens (including phenoxy) is 11. The molecular weight excluding hydrogens is 1240 g/mol. The summed E-state index contributed by atoms with van der Waals surface area (Å²) in [5.41, 5.74) is 8.94. The fraction of sp³-hybridized carbons (Fsp3) is 0.492. The summed E-state index contributed by atoms with van der Waals surface area (Å²) in [4.78, 5) is 59.2. The molecule has 1 aromatic heterocycles. The lowest BCUT2D eigenvalue weighted by molar-refractivity contribution is -0.137. The molecule has 28 heteroatoms. The van der Waals surface area contributed by atoms with Crippen molar-refractivity contribution in [2.45, 2.75) is 30.5 Å². The average molecular weight is 1330 g/mol. The molecule has 0 aliphatic heterocycles. The molecule has 0 radical (unpaired) electrons. The molecule has 0 unspecified atom stereocenters. The first-order chi connectivity index (χ1) is 45.1. The number of amides is 3. The second kappa shape index (κ2) is 44.7. The van der Waals surface area contributed by atoms with Gasteiger partial charge in [0.15, 0.2) is 0 Å². The third kappa shape index (κ3) is 31.3. The number of alkyl halides is 3. The van der Waals surface area contributed by atoms with Crippen molar-refractivity contribution in [3.8, 4) is 11.3 Å². The van der Waals surface area contributed by atoms with Crippen molar-refractivity contribution < 1.29 is 92.9 Å². The van der Waals surface area contributed by atoms with Crippen LogP contribution in [0.4, 0.5) is 24.5 Å². The monoisotopic (exact) mass is 1330 g/mol. The number of nitrogen functional groups attached to an aromatic ring is 1. The smallest absolute Gasteiger partial charge is 0.399 e. The van der Waals surface area contributed by atoms with Gasteiger partial charge in [-0.15, -0.1) is 0 Å². The van der Waals surface area contributed by atoms with Crippen molar-refractivity contribution in [3.63, 3.8) is 0 Å². The van der Waals surface area contributed by atoms with E-state index in [1.807, 2.05) is 18.0 Å². The zero-order valence-corrected chi connectivity index (χ0v) is 53.7. The highest BCUT2D eigenvalue weighted by molar-refractivity contribution is 7.89. The molecule has 1 heterocycles. The number of halogens is 3. The van der Waals surface area contributed by atoms with E-state index in [9.17, 15) is 40.8 Å². The summed E-state index contributed by atoms with van der Waals surface area (Å²) in [6, 6.07) is 25.3. The highest BCUT2D eigenvalue weighted by atomic mass is 32.2. The van der Waals surface area contributed by atoms with E-state index in [1.165, 1.54) is 59.6 Å². The molecule has 0 aliphatic carbocycles. The minimum Gasteiger partial charge on any atom is -0.399 e. The SMILES string of the molecule is COCCOCCOCCOCCOCCOCCOCCN(C)CCN(CC=O)C(=O)c1ccc(S(=O)(=O)NCCOCCOCCOCCOCCCc2cccc(C(=O)Nc3ccc(N)cc3-c3cc(C(=O)NCc4cccc(C(F)(F)F)c4)ccn3)c2)cc1. The number of anilines is 2. The van der Waals surface area contributed by atoms with Crippen LogP contribution in [0.3, 0.4) is 0 Å². The van der Waals surface area contributed by atoms with E-state index >= 15 is 0 Å². The summed E-state index contributed by atoms with van der Waals surface area (Å²) >= 11 is 0. The molecule has 0 fully saturated rings.